The first-order valence-corrected chi connectivity index (χ1v) is 7.13. The summed E-state index contributed by atoms with van der Waals surface area (Å²) in [5.74, 6) is 0.926. The molecule has 0 spiro atoms. The highest BCUT2D eigenvalue weighted by Gasteiger charge is 2.04. The SMILES string of the molecule is Cc1[nH]ncc1CCCNc1ncnc2sccc12. The van der Waals surface area contributed by atoms with E-state index < -0.39 is 0 Å². The summed E-state index contributed by atoms with van der Waals surface area (Å²) >= 11 is 1.64. The summed E-state index contributed by atoms with van der Waals surface area (Å²) < 4.78 is 0. The van der Waals surface area contributed by atoms with Crippen LogP contribution >= 0.6 is 11.3 Å². The quantitative estimate of drug-likeness (QED) is 0.701. The normalized spacial score (nSPS) is 11.0. The molecule has 0 aliphatic rings. The first kappa shape index (κ1) is 12.1. The molecule has 0 amide bonds. The number of rotatable bonds is 5. The Morgan fingerprint density at radius 2 is 2.32 bits per heavy atom. The summed E-state index contributed by atoms with van der Waals surface area (Å²) in [6.07, 6.45) is 5.59. The molecule has 0 aliphatic heterocycles. The van der Waals surface area contributed by atoms with Crippen LogP contribution < -0.4 is 5.32 Å². The fourth-order valence-corrected chi connectivity index (χ4v) is 2.78. The maximum atomic E-state index is 4.30. The lowest BCUT2D eigenvalue weighted by atomic mass is 10.1. The fraction of sp³-hybridized carbons (Fsp3) is 0.308. The van der Waals surface area contributed by atoms with Crippen LogP contribution in [0.15, 0.2) is 24.0 Å². The van der Waals surface area contributed by atoms with Gasteiger partial charge in [-0.2, -0.15) is 5.10 Å². The number of anilines is 1. The molecule has 0 saturated heterocycles. The smallest absolute Gasteiger partial charge is 0.138 e. The van der Waals surface area contributed by atoms with E-state index in [0.29, 0.717) is 0 Å². The van der Waals surface area contributed by atoms with E-state index >= 15 is 0 Å². The zero-order valence-electron chi connectivity index (χ0n) is 10.7. The maximum Gasteiger partial charge on any atom is 0.138 e. The Kier molecular flexibility index (Phi) is 3.41. The Morgan fingerprint density at radius 3 is 3.16 bits per heavy atom. The molecule has 98 valence electrons. The molecule has 19 heavy (non-hydrogen) atoms. The van der Waals surface area contributed by atoms with Crippen molar-refractivity contribution >= 4 is 27.4 Å². The van der Waals surface area contributed by atoms with E-state index in [4.69, 9.17) is 0 Å². The lowest BCUT2D eigenvalue weighted by Crippen LogP contribution is -2.05. The Hall–Kier alpha value is -1.95. The van der Waals surface area contributed by atoms with E-state index in [1.165, 1.54) is 5.56 Å². The molecule has 3 rings (SSSR count). The fourth-order valence-electron chi connectivity index (χ4n) is 2.04. The molecule has 0 unspecified atom stereocenters. The number of nitrogens with one attached hydrogen (secondary N) is 2. The topological polar surface area (TPSA) is 66.5 Å². The van der Waals surface area contributed by atoms with Crippen molar-refractivity contribution in [1.29, 1.82) is 0 Å². The second-order valence-electron chi connectivity index (χ2n) is 4.41. The van der Waals surface area contributed by atoms with E-state index in [9.17, 15) is 0 Å². The average Bonchev–Trinajstić information content (AvgIpc) is 3.04. The van der Waals surface area contributed by atoms with Gasteiger partial charge >= 0.3 is 0 Å². The van der Waals surface area contributed by atoms with Gasteiger partial charge in [-0.25, -0.2) is 9.97 Å². The minimum atomic E-state index is 0.895. The van der Waals surface area contributed by atoms with Gasteiger partial charge in [-0.3, -0.25) is 5.10 Å². The van der Waals surface area contributed by atoms with Crippen molar-refractivity contribution in [3.63, 3.8) is 0 Å². The third-order valence-corrected chi connectivity index (χ3v) is 3.93. The van der Waals surface area contributed by atoms with Gasteiger partial charge in [-0.15, -0.1) is 11.3 Å². The van der Waals surface area contributed by atoms with Gasteiger partial charge in [0.1, 0.15) is 17.0 Å². The summed E-state index contributed by atoms with van der Waals surface area (Å²) in [6, 6.07) is 2.06. The Balaban J connectivity index is 1.58. The van der Waals surface area contributed by atoms with Gasteiger partial charge in [0.25, 0.3) is 0 Å². The van der Waals surface area contributed by atoms with Crippen LogP contribution in [0, 0.1) is 6.92 Å². The number of thiophene rings is 1. The van der Waals surface area contributed by atoms with Crippen LogP contribution in [0.1, 0.15) is 17.7 Å². The second kappa shape index (κ2) is 5.36. The number of aromatic amines is 1. The van der Waals surface area contributed by atoms with E-state index in [2.05, 4.69) is 38.5 Å². The van der Waals surface area contributed by atoms with Crippen LogP contribution in [0.3, 0.4) is 0 Å². The first-order chi connectivity index (χ1) is 9.34. The van der Waals surface area contributed by atoms with Crippen LogP contribution in [0.4, 0.5) is 5.82 Å². The number of aromatic nitrogens is 4. The van der Waals surface area contributed by atoms with Gasteiger partial charge in [-0.05, 0) is 36.8 Å². The van der Waals surface area contributed by atoms with E-state index in [1.54, 1.807) is 17.7 Å². The predicted molar refractivity (Wildman–Crippen MR) is 77.6 cm³/mol. The monoisotopic (exact) mass is 273 g/mol. The highest BCUT2D eigenvalue weighted by atomic mass is 32.1. The van der Waals surface area contributed by atoms with Crippen LogP contribution in [0.2, 0.25) is 0 Å². The van der Waals surface area contributed by atoms with Crippen molar-refractivity contribution in [2.45, 2.75) is 19.8 Å². The van der Waals surface area contributed by atoms with Crippen molar-refractivity contribution in [2.75, 3.05) is 11.9 Å². The molecule has 5 nitrogen and oxygen atoms in total. The van der Waals surface area contributed by atoms with Crippen molar-refractivity contribution in [1.82, 2.24) is 20.2 Å². The molecule has 2 N–H and O–H groups in total. The third-order valence-electron chi connectivity index (χ3n) is 3.11. The zero-order chi connectivity index (χ0) is 13.1. The lowest BCUT2D eigenvalue weighted by Gasteiger charge is -2.05. The average molecular weight is 273 g/mol. The molecule has 0 saturated carbocycles. The minimum absolute atomic E-state index is 0.895. The number of nitrogens with zero attached hydrogens (tertiary/aromatic N) is 3. The Labute approximate surface area is 115 Å². The molecular formula is C13H15N5S. The van der Waals surface area contributed by atoms with E-state index in [0.717, 1.165) is 41.1 Å². The van der Waals surface area contributed by atoms with Crippen LogP contribution in [0.5, 0.6) is 0 Å². The Morgan fingerprint density at radius 1 is 1.37 bits per heavy atom. The van der Waals surface area contributed by atoms with Gasteiger partial charge in [0, 0.05) is 12.2 Å². The standard InChI is InChI=1S/C13H15N5S/c1-9-10(7-17-18-9)3-2-5-14-12-11-4-6-19-13(11)16-8-15-12/h4,6-8H,2-3,5H2,1H3,(H,17,18)(H,14,15,16). The predicted octanol–water partition coefficient (Wildman–Crippen LogP) is 2.77. The van der Waals surface area contributed by atoms with E-state index in [1.807, 2.05) is 11.6 Å². The molecule has 0 atom stereocenters. The van der Waals surface area contributed by atoms with Gasteiger partial charge in [0.2, 0.25) is 0 Å². The van der Waals surface area contributed by atoms with Gasteiger partial charge < -0.3 is 5.32 Å². The molecular weight excluding hydrogens is 258 g/mol. The largest absolute Gasteiger partial charge is 0.369 e. The number of aryl methyl sites for hydroxylation is 2. The molecule has 0 fully saturated rings. The second-order valence-corrected chi connectivity index (χ2v) is 5.31. The van der Waals surface area contributed by atoms with Crippen molar-refractivity contribution in [3.8, 4) is 0 Å². The molecule has 0 aromatic carbocycles. The maximum absolute atomic E-state index is 4.30. The summed E-state index contributed by atoms with van der Waals surface area (Å²) in [7, 11) is 0. The number of hydrogen-bond donors (Lipinski definition) is 2. The highest BCUT2D eigenvalue weighted by molar-refractivity contribution is 7.16. The highest BCUT2D eigenvalue weighted by Crippen LogP contribution is 2.23. The summed E-state index contributed by atoms with van der Waals surface area (Å²) in [4.78, 5) is 9.57. The molecule has 6 heteroatoms. The molecule has 0 aliphatic carbocycles. The molecule has 3 aromatic heterocycles. The molecule has 3 heterocycles. The minimum Gasteiger partial charge on any atom is -0.369 e. The van der Waals surface area contributed by atoms with Crippen LogP contribution in [0.25, 0.3) is 10.2 Å². The van der Waals surface area contributed by atoms with E-state index in [-0.39, 0.29) is 0 Å². The number of hydrogen-bond acceptors (Lipinski definition) is 5. The van der Waals surface area contributed by atoms with Crippen LogP contribution in [-0.2, 0) is 6.42 Å². The zero-order valence-corrected chi connectivity index (χ0v) is 11.5. The molecule has 0 radical (unpaired) electrons. The number of H-pyrrole nitrogens is 1. The number of fused-ring (bicyclic) bond motifs is 1. The molecule has 3 aromatic rings. The molecule has 0 bridgehead atoms. The van der Waals surface area contributed by atoms with Crippen molar-refractivity contribution < 1.29 is 0 Å². The van der Waals surface area contributed by atoms with Gasteiger partial charge in [0.15, 0.2) is 0 Å². The van der Waals surface area contributed by atoms with Gasteiger partial charge in [0.05, 0.1) is 11.6 Å². The van der Waals surface area contributed by atoms with Crippen molar-refractivity contribution in [2.24, 2.45) is 0 Å². The summed E-state index contributed by atoms with van der Waals surface area (Å²) in [6.45, 7) is 2.95. The van der Waals surface area contributed by atoms with Gasteiger partial charge in [-0.1, -0.05) is 0 Å². The summed E-state index contributed by atoms with van der Waals surface area (Å²) in [5.41, 5.74) is 2.44. The van der Waals surface area contributed by atoms with Crippen molar-refractivity contribution in [3.05, 3.63) is 35.2 Å². The summed E-state index contributed by atoms with van der Waals surface area (Å²) in [5, 5.41) is 13.5. The first-order valence-electron chi connectivity index (χ1n) is 6.25. The Bertz CT molecular complexity index is 672. The third kappa shape index (κ3) is 2.58. The van der Waals surface area contributed by atoms with Crippen LogP contribution in [-0.4, -0.2) is 26.7 Å². The lowest BCUT2D eigenvalue weighted by molar-refractivity contribution is 0.854.